The van der Waals surface area contributed by atoms with Gasteiger partial charge < -0.3 is 10.1 Å². The maximum atomic E-state index is 11.4. The van der Waals surface area contributed by atoms with Crippen LogP contribution in [0.5, 0.6) is 5.75 Å². The molecule has 98 valence electrons. The van der Waals surface area contributed by atoms with Crippen molar-refractivity contribution in [1.29, 1.82) is 0 Å². The largest absolute Gasteiger partial charge is 0.506 e. The first-order valence-corrected chi connectivity index (χ1v) is 7.17. The van der Waals surface area contributed by atoms with Crippen molar-refractivity contribution in [2.45, 2.75) is 0 Å². The smallest absolute Gasteiger partial charge is 0.325 e. The van der Waals surface area contributed by atoms with E-state index in [9.17, 15) is 14.7 Å². The van der Waals surface area contributed by atoms with Gasteiger partial charge >= 0.3 is 5.69 Å². The van der Waals surface area contributed by atoms with Gasteiger partial charge in [0, 0.05) is 21.5 Å². The zero-order valence-electron chi connectivity index (χ0n) is 9.28. The SMILES string of the molecule is O=c1[nH]cc(N=Cc2cc(I)cc(I)c2O)c(=O)[nH]1. The fraction of sp³-hybridized carbons (Fsp3) is 0. The molecule has 0 radical (unpaired) electrons. The number of nitrogens with zero attached hydrogens (tertiary/aromatic N) is 1. The molecule has 1 aromatic heterocycles. The third-order valence-electron chi connectivity index (χ3n) is 2.20. The lowest BCUT2D eigenvalue weighted by atomic mass is 10.2. The second kappa shape index (κ2) is 5.86. The summed E-state index contributed by atoms with van der Waals surface area (Å²) in [6, 6.07) is 3.56. The zero-order chi connectivity index (χ0) is 14.0. The van der Waals surface area contributed by atoms with Gasteiger partial charge in [0.2, 0.25) is 0 Å². The van der Waals surface area contributed by atoms with Gasteiger partial charge in [0.1, 0.15) is 11.4 Å². The summed E-state index contributed by atoms with van der Waals surface area (Å²) in [6.07, 6.45) is 2.59. The van der Waals surface area contributed by atoms with E-state index in [1.807, 2.05) is 28.7 Å². The highest BCUT2D eigenvalue weighted by molar-refractivity contribution is 14.1. The Hall–Kier alpha value is -1.17. The first-order chi connectivity index (χ1) is 8.97. The number of H-pyrrole nitrogens is 2. The number of rotatable bonds is 2. The fourth-order valence-corrected chi connectivity index (χ4v) is 3.21. The van der Waals surface area contributed by atoms with Crippen LogP contribution in [0.15, 0.2) is 32.9 Å². The highest BCUT2D eigenvalue weighted by Gasteiger charge is 2.05. The number of aromatic amines is 2. The van der Waals surface area contributed by atoms with Crippen LogP contribution in [0.4, 0.5) is 5.69 Å². The van der Waals surface area contributed by atoms with Crippen LogP contribution in [-0.2, 0) is 0 Å². The standard InChI is InChI=1S/C11H7I2N3O3/c12-6-1-5(9(17)7(13)2-6)3-14-8-4-15-11(19)16-10(8)18/h1-4,17H,(H2,15,16,18,19). The summed E-state index contributed by atoms with van der Waals surface area (Å²) in [7, 11) is 0. The van der Waals surface area contributed by atoms with Crippen LogP contribution in [-0.4, -0.2) is 21.3 Å². The highest BCUT2D eigenvalue weighted by atomic mass is 127. The van der Waals surface area contributed by atoms with Gasteiger partial charge in [-0.2, -0.15) is 0 Å². The fourth-order valence-electron chi connectivity index (χ4n) is 1.32. The molecule has 0 saturated carbocycles. The van der Waals surface area contributed by atoms with Crippen molar-refractivity contribution >= 4 is 57.1 Å². The van der Waals surface area contributed by atoms with Crippen LogP contribution in [0.1, 0.15) is 5.56 Å². The molecule has 6 nitrogen and oxygen atoms in total. The van der Waals surface area contributed by atoms with E-state index in [0.29, 0.717) is 9.13 Å². The van der Waals surface area contributed by atoms with E-state index in [0.717, 1.165) is 3.57 Å². The summed E-state index contributed by atoms with van der Waals surface area (Å²) >= 11 is 4.13. The second-order valence-corrected chi connectivity index (χ2v) is 5.95. The van der Waals surface area contributed by atoms with E-state index in [2.05, 4.69) is 37.6 Å². The summed E-state index contributed by atoms with van der Waals surface area (Å²) < 4.78 is 1.64. The van der Waals surface area contributed by atoms with E-state index in [1.165, 1.54) is 12.4 Å². The van der Waals surface area contributed by atoms with Gasteiger partial charge in [-0.1, -0.05) is 0 Å². The Kier molecular flexibility index (Phi) is 4.39. The predicted molar refractivity (Wildman–Crippen MR) is 88.5 cm³/mol. The van der Waals surface area contributed by atoms with Crippen molar-refractivity contribution in [2.24, 2.45) is 4.99 Å². The number of phenolic OH excluding ortho intramolecular Hbond substituents is 1. The minimum atomic E-state index is -0.587. The quantitative estimate of drug-likeness (QED) is 0.449. The molecular weight excluding hydrogens is 476 g/mol. The van der Waals surface area contributed by atoms with E-state index < -0.39 is 11.2 Å². The molecule has 0 aliphatic rings. The van der Waals surface area contributed by atoms with Crippen molar-refractivity contribution in [2.75, 3.05) is 0 Å². The minimum absolute atomic E-state index is 0.0628. The first kappa shape index (κ1) is 14.2. The Bertz CT molecular complexity index is 765. The maximum absolute atomic E-state index is 11.4. The molecule has 0 aliphatic carbocycles. The summed E-state index contributed by atoms with van der Waals surface area (Å²) in [5.41, 5.74) is -0.606. The lowest BCUT2D eigenvalue weighted by molar-refractivity contribution is 0.470. The van der Waals surface area contributed by atoms with Crippen LogP contribution in [0, 0.1) is 7.14 Å². The molecule has 0 bridgehead atoms. The Balaban J connectivity index is 2.43. The average molecular weight is 483 g/mol. The van der Waals surface area contributed by atoms with Gasteiger partial charge in [-0.3, -0.25) is 9.78 Å². The van der Waals surface area contributed by atoms with Crippen LogP contribution in [0.25, 0.3) is 0 Å². The van der Waals surface area contributed by atoms with Gasteiger partial charge in [0.25, 0.3) is 5.56 Å². The van der Waals surface area contributed by atoms with Crippen molar-refractivity contribution in [3.05, 3.63) is 51.9 Å². The molecule has 0 amide bonds. The number of aromatic nitrogens is 2. The molecule has 1 aromatic carbocycles. The van der Waals surface area contributed by atoms with E-state index in [-0.39, 0.29) is 11.4 Å². The number of halogens is 2. The molecule has 19 heavy (non-hydrogen) atoms. The second-order valence-electron chi connectivity index (χ2n) is 3.54. The Morgan fingerprint density at radius 1 is 1.26 bits per heavy atom. The topological polar surface area (TPSA) is 98.3 Å². The Labute approximate surface area is 134 Å². The molecule has 0 unspecified atom stereocenters. The van der Waals surface area contributed by atoms with E-state index in [4.69, 9.17) is 0 Å². The molecule has 0 fully saturated rings. The van der Waals surface area contributed by atoms with Crippen molar-refractivity contribution in [3.63, 3.8) is 0 Å². The maximum Gasteiger partial charge on any atom is 0.325 e. The van der Waals surface area contributed by atoms with E-state index in [1.54, 1.807) is 6.07 Å². The molecule has 8 heteroatoms. The normalized spacial score (nSPS) is 11.1. The molecular formula is C11H7I2N3O3. The van der Waals surface area contributed by atoms with Crippen LogP contribution >= 0.6 is 45.2 Å². The van der Waals surface area contributed by atoms with Crippen LogP contribution < -0.4 is 11.2 Å². The Morgan fingerprint density at radius 3 is 2.68 bits per heavy atom. The number of aromatic hydroxyl groups is 1. The highest BCUT2D eigenvalue weighted by Crippen LogP contribution is 2.25. The summed E-state index contributed by atoms with van der Waals surface area (Å²) in [6.45, 7) is 0. The van der Waals surface area contributed by atoms with Crippen LogP contribution in [0.2, 0.25) is 0 Å². The molecule has 0 aliphatic heterocycles. The number of hydrogen-bond acceptors (Lipinski definition) is 4. The monoisotopic (exact) mass is 483 g/mol. The zero-order valence-corrected chi connectivity index (χ0v) is 13.6. The molecule has 0 spiro atoms. The average Bonchev–Trinajstić information content (AvgIpc) is 2.33. The first-order valence-electron chi connectivity index (χ1n) is 5.01. The third kappa shape index (κ3) is 3.43. The number of hydrogen-bond donors (Lipinski definition) is 3. The predicted octanol–water partition coefficient (Wildman–Crippen LogP) is 1.73. The van der Waals surface area contributed by atoms with Crippen LogP contribution in [0.3, 0.4) is 0 Å². The molecule has 3 N–H and O–H groups in total. The van der Waals surface area contributed by atoms with Gasteiger partial charge in [-0.05, 0) is 57.3 Å². The van der Waals surface area contributed by atoms with Gasteiger partial charge in [0.05, 0.1) is 3.57 Å². The number of phenols is 1. The van der Waals surface area contributed by atoms with Gasteiger partial charge in [-0.25, -0.2) is 9.79 Å². The number of nitrogens with one attached hydrogen (secondary N) is 2. The van der Waals surface area contributed by atoms with Crippen molar-refractivity contribution < 1.29 is 5.11 Å². The third-order valence-corrected chi connectivity index (χ3v) is 3.65. The summed E-state index contributed by atoms with van der Waals surface area (Å²) in [5.74, 6) is 0.102. The van der Waals surface area contributed by atoms with E-state index >= 15 is 0 Å². The number of aliphatic imine (C=N–C) groups is 1. The van der Waals surface area contributed by atoms with Gasteiger partial charge in [-0.15, -0.1) is 0 Å². The molecule has 0 saturated heterocycles. The summed E-state index contributed by atoms with van der Waals surface area (Å²) in [5, 5.41) is 9.87. The molecule has 2 rings (SSSR count). The minimum Gasteiger partial charge on any atom is -0.506 e. The van der Waals surface area contributed by atoms with Crippen molar-refractivity contribution in [1.82, 2.24) is 9.97 Å². The molecule has 0 atom stereocenters. The lowest BCUT2D eigenvalue weighted by Gasteiger charge is -2.02. The van der Waals surface area contributed by atoms with Gasteiger partial charge in [0.15, 0.2) is 0 Å². The summed E-state index contributed by atoms with van der Waals surface area (Å²) in [4.78, 5) is 30.6. The lowest BCUT2D eigenvalue weighted by Crippen LogP contribution is -2.20. The number of benzene rings is 1. The Morgan fingerprint density at radius 2 is 2.00 bits per heavy atom. The molecule has 2 aromatic rings. The molecule has 1 heterocycles. The van der Waals surface area contributed by atoms with Crippen molar-refractivity contribution in [3.8, 4) is 5.75 Å².